The van der Waals surface area contributed by atoms with E-state index in [0.717, 1.165) is 18.5 Å². The highest BCUT2D eigenvalue weighted by Crippen LogP contribution is 2.28. The van der Waals surface area contributed by atoms with Crippen LogP contribution in [0.25, 0.3) is 0 Å². The highest BCUT2D eigenvalue weighted by molar-refractivity contribution is 6.02. The number of hydrogen-bond acceptors (Lipinski definition) is 5. The van der Waals surface area contributed by atoms with Crippen LogP contribution in [0, 0.1) is 6.92 Å². The molecule has 0 aliphatic carbocycles. The van der Waals surface area contributed by atoms with Gasteiger partial charge in [0.25, 0.3) is 5.91 Å². The minimum Gasteiger partial charge on any atom is -0.381 e. The van der Waals surface area contributed by atoms with Gasteiger partial charge in [0.05, 0.1) is 5.69 Å². The molecule has 1 fully saturated rings. The first-order chi connectivity index (χ1) is 12.2. The molecule has 3 heterocycles. The van der Waals surface area contributed by atoms with Crippen molar-refractivity contribution in [3.8, 4) is 0 Å². The number of carbonyl (C=O) groups is 1. The Bertz CT molecular complexity index is 813. The molecule has 140 valence electrons. The second-order valence-electron chi connectivity index (χ2n) is 6.13. The summed E-state index contributed by atoms with van der Waals surface area (Å²) in [7, 11) is 1.66. The number of halogens is 3. The lowest BCUT2D eigenvalue weighted by Gasteiger charge is -2.19. The Morgan fingerprint density at radius 2 is 1.96 bits per heavy atom. The van der Waals surface area contributed by atoms with Crippen molar-refractivity contribution in [1.82, 2.24) is 19.7 Å². The molecule has 0 atom stereocenters. The number of nitrogens with one attached hydrogen (secondary N) is 1. The second-order valence-corrected chi connectivity index (χ2v) is 6.13. The van der Waals surface area contributed by atoms with Gasteiger partial charge in [-0.3, -0.25) is 9.48 Å². The fourth-order valence-electron chi connectivity index (χ4n) is 2.79. The SMILES string of the molecule is Cc1cc(C(=O)Nc2cc(C3CCOCC3)nn2C)nc(C(F)(F)F)n1. The first kappa shape index (κ1) is 18.3. The lowest BCUT2D eigenvalue weighted by Crippen LogP contribution is -2.20. The Labute approximate surface area is 147 Å². The van der Waals surface area contributed by atoms with Gasteiger partial charge in [-0.25, -0.2) is 9.97 Å². The smallest absolute Gasteiger partial charge is 0.381 e. The van der Waals surface area contributed by atoms with E-state index in [1.807, 2.05) is 0 Å². The average molecular weight is 369 g/mol. The van der Waals surface area contributed by atoms with Crippen molar-refractivity contribution in [3.63, 3.8) is 0 Å². The summed E-state index contributed by atoms with van der Waals surface area (Å²) in [6, 6.07) is 2.94. The summed E-state index contributed by atoms with van der Waals surface area (Å²) < 4.78 is 45.3. The lowest BCUT2D eigenvalue weighted by atomic mass is 9.97. The standard InChI is InChI=1S/C16H18F3N5O2/c1-9-7-12(21-15(20-9)16(17,18)19)14(25)22-13-8-11(23-24(13)2)10-3-5-26-6-4-10/h7-8,10H,3-6H2,1-2H3,(H,22,25). The number of carbonyl (C=O) groups excluding carboxylic acids is 1. The van der Waals surface area contributed by atoms with Gasteiger partial charge in [0.15, 0.2) is 0 Å². The highest BCUT2D eigenvalue weighted by atomic mass is 19.4. The summed E-state index contributed by atoms with van der Waals surface area (Å²) in [5.74, 6) is -1.46. The Balaban J connectivity index is 1.80. The Morgan fingerprint density at radius 3 is 2.62 bits per heavy atom. The summed E-state index contributed by atoms with van der Waals surface area (Å²) in [5, 5.41) is 6.95. The van der Waals surface area contributed by atoms with Crippen LogP contribution in [0.3, 0.4) is 0 Å². The molecule has 0 bridgehead atoms. The van der Waals surface area contributed by atoms with Gasteiger partial charge >= 0.3 is 6.18 Å². The first-order valence-corrected chi connectivity index (χ1v) is 8.10. The highest BCUT2D eigenvalue weighted by Gasteiger charge is 2.35. The number of aromatic nitrogens is 4. The molecule has 0 radical (unpaired) electrons. The van der Waals surface area contributed by atoms with Crippen LogP contribution in [0.15, 0.2) is 12.1 Å². The number of amides is 1. The topological polar surface area (TPSA) is 81.9 Å². The van der Waals surface area contributed by atoms with Gasteiger partial charge < -0.3 is 10.1 Å². The Morgan fingerprint density at radius 1 is 1.27 bits per heavy atom. The lowest BCUT2D eigenvalue weighted by molar-refractivity contribution is -0.145. The van der Waals surface area contributed by atoms with Crippen LogP contribution in [0.2, 0.25) is 0 Å². The number of nitrogens with zero attached hydrogens (tertiary/aromatic N) is 4. The van der Waals surface area contributed by atoms with E-state index in [0.29, 0.717) is 19.0 Å². The molecule has 0 unspecified atom stereocenters. The van der Waals surface area contributed by atoms with Gasteiger partial charge in [0, 0.05) is 37.9 Å². The number of aryl methyl sites for hydroxylation is 2. The average Bonchev–Trinajstić information content (AvgIpc) is 2.95. The van der Waals surface area contributed by atoms with Crippen LogP contribution in [-0.4, -0.2) is 38.9 Å². The molecule has 0 aromatic carbocycles. The number of anilines is 1. The fraction of sp³-hybridized carbons (Fsp3) is 0.500. The van der Waals surface area contributed by atoms with Gasteiger partial charge in [-0.05, 0) is 25.8 Å². The number of rotatable bonds is 3. The monoisotopic (exact) mass is 369 g/mol. The number of ether oxygens (including phenoxy) is 1. The number of hydrogen-bond donors (Lipinski definition) is 1. The Kier molecular flexibility index (Phi) is 4.94. The van der Waals surface area contributed by atoms with E-state index in [2.05, 4.69) is 20.4 Å². The normalized spacial score (nSPS) is 15.9. The third kappa shape index (κ3) is 4.01. The van der Waals surface area contributed by atoms with Gasteiger partial charge in [-0.15, -0.1) is 0 Å². The van der Waals surface area contributed by atoms with Crippen molar-refractivity contribution in [3.05, 3.63) is 35.0 Å². The molecule has 2 aromatic heterocycles. The zero-order valence-corrected chi connectivity index (χ0v) is 14.3. The molecule has 1 N–H and O–H groups in total. The van der Waals surface area contributed by atoms with E-state index >= 15 is 0 Å². The van der Waals surface area contributed by atoms with E-state index in [1.54, 1.807) is 13.1 Å². The van der Waals surface area contributed by atoms with Crippen molar-refractivity contribution in [2.45, 2.75) is 31.9 Å². The molecule has 7 nitrogen and oxygen atoms in total. The second kappa shape index (κ2) is 7.02. The predicted octanol–water partition coefficient (Wildman–Crippen LogP) is 2.68. The summed E-state index contributed by atoms with van der Waals surface area (Å²) in [6.07, 6.45) is -3.04. The van der Waals surface area contributed by atoms with Crippen LogP contribution in [-0.2, 0) is 18.0 Å². The molecule has 1 aliphatic rings. The molecule has 0 spiro atoms. The molecule has 2 aromatic rings. The maximum absolute atomic E-state index is 12.8. The van der Waals surface area contributed by atoms with Gasteiger partial charge in [0.1, 0.15) is 11.5 Å². The fourth-order valence-corrected chi connectivity index (χ4v) is 2.79. The number of alkyl halides is 3. The summed E-state index contributed by atoms with van der Waals surface area (Å²) in [4.78, 5) is 19.0. The van der Waals surface area contributed by atoms with Crippen LogP contribution >= 0.6 is 0 Å². The molecule has 1 aliphatic heterocycles. The third-order valence-corrected chi connectivity index (χ3v) is 4.12. The Hall–Kier alpha value is -2.49. The van der Waals surface area contributed by atoms with Crippen molar-refractivity contribution >= 4 is 11.7 Å². The summed E-state index contributed by atoms with van der Waals surface area (Å²) in [5.41, 5.74) is 0.532. The van der Waals surface area contributed by atoms with Crippen LogP contribution < -0.4 is 5.32 Å². The summed E-state index contributed by atoms with van der Waals surface area (Å²) in [6.45, 7) is 2.69. The molecule has 1 saturated heterocycles. The molecule has 26 heavy (non-hydrogen) atoms. The van der Waals surface area contributed by atoms with Crippen molar-refractivity contribution in [2.24, 2.45) is 7.05 Å². The van der Waals surface area contributed by atoms with Crippen molar-refractivity contribution in [2.75, 3.05) is 18.5 Å². The molecule has 1 amide bonds. The first-order valence-electron chi connectivity index (χ1n) is 8.10. The van der Waals surface area contributed by atoms with E-state index in [-0.39, 0.29) is 17.3 Å². The zero-order valence-electron chi connectivity index (χ0n) is 14.3. The minimum atomic E-state index is -4.72. The van der Waals surface area contributed by atoms with Gasteiger partial charge in [0.2, 0.25) is 5.82 Å². The maximum Gasteiger partial charge on any atom is 0.451 e. The van der Waals surface area contributed by atoms with Crippen LogP contribution in [0.5, 0.6) is 0 Å². The quantitative estimate of drug-likeness (QED) is 0.900. The van der Waals surface area contributed by atoms with E-state index in [4.69, 9.17) is 4.74 Å². The molecule has 10 heteroatoms. The van der Waals surface area contributed by atoms with E-state index < -0.39 is 17.9 Å². The van der Waals surface area contributed by atoms with Crippen molar-refractivity contribution < 1.29 is 22.7 Å². The molecule has 0 saturated carbocycles. The molecular weight excluding hydrogens is 351 g/mol. The maximum atomic E-state index is 12.8. The van der Waals surface area contributed by atoms with Crippen molar-refractivity contribution in [1.29, 1.82) is 0 Å². The molecule has 3 rings (SSSR count). The predicted molar refractivity (Wildman–Crippen MR) is 85.7 cm³/mol. The van der Waals surface area contributed by atoms with E-state index in [1.165, 1.54) is 17.7 Å². The van der Waals surface area contributed by atoms with Gasteiger partial charge in [-0.2, -0.15) is 18.3 Å². The van der Waals surface area contributed by atoms with Crippen LogP contribution in [0.4, 0.5) is 19.0 Å². The summed E-state index contributed by atoms with van der Waals surface area (Å²) >= 11 is 0. The third-order valence-electron chi connectivity index (χ3n) is 4.12. The van der Waals surface area contributed by atoms with Gasteiger partial charge in [-0.1, -0.05) is 0 Å². The van der Waals surface area contributed by atoms with E-state index in [9.17, 15) is 18.0 Å². The van der Waals surface area contributed by atoms with Crippen LogP contribution in [0.1, 0.15) is 46.5 Å². The largest absolute Gasteiger partial charge is 0.451 e. The minimum absolute atomic E-state index is 0.0605. The molecular formula is C16H18F3N5O2. The zero-order chi connectivity index (χ0) is 18.9.